The summed E-state index contributed by atoms with van der Waals surface area (Å²) in [5, 5.41) is 10.0. The minimum absolute atomic E-state index is 0.0699. The molecule has 1 aliphatic carbocycles. The predicted octanol–water partition coefficient (Wildman–Crippen LogP) is 4.45. The Morgan fingerprint density at radius 1 is 1.11 bits per heavy atom. The van der Waals surface area contributed by atoms with Crippen LogP contribution in [0.5, 0.6) is 0 Å². The number of aryl methyl sites for hydroxylation is 3. The van der Waals surface area contributed by atoms with Crippen molar-refractivity contribution >= 4 is 38.9 Å². The number of hydrogen-bond donors (Lipinski definition) is 1. The number of rotatable bonds is 6. The van der Waals surface area contributed by atoms with Crippen molar-refractivity contribution in [2.45, 2.75) is 57.0 Å². The lowest BCUT2D eigenvalue weighted by Crippen LogP contribution is -2.60. The normalized spacial score (nSPS) is 19.7. The van der Waals surface area contributed by atoms with Gasteiger partial charge < -0.3 is 14.6 Å². The molecule has 0 bridgehead atoms. The first-order valence-corrected chi connectivity index (χ1v) is 15.1. The number of benzene rings is 1. The van der Waals surface area contributed by atoms with Crippen molar-refractivity contribution in [1.29, 1.82) is 0 Å². The molecule has 38 heavy (non-hydrogen) atoms. The predicted molar refractivity (Wildman–Crippen MR) is 146 cm³/mol. The van der Waals surface area contributed by atoms with Crippen LogP contribution in [0.2, 0.25) is 0 Å². The van der Waals surface area contributed by atoms with Gasteiger partial charge in [-0.25, -0.2) is 18.2 Å². The van der Waals surface area contributed by atoms with Gasteiger partial charge in [-0.15, -0.1) is 11.3 Å². The number of sulfonamides is 1. The Bertz CT molecular complexity index is 1450. The van der Waals surface area contributed by atoms with Crippen LogP contribution in [-0.2, 0) is 21.9 Å². The van der Waals surface area contributed by atoms with Crippen molar-refractivity contribution in [2.75, 3.05) is 18.0 Å². The minimum atomic E-state index is -4.00. The van der Waals surface area contributed by atoms with E-state index in [9.17, 15) is 23.1 Å². The summed E-state index contributed by atoms with van der Waals surface area (Å²) >= 11 is 1.14. The van der Waals surface area contributed by atoms with E-state index >= 15 is 0 Å². The Labute approximate surface area is 226 Å². The van der Waals surface area contributed by atoms with Crippen LogP contribution in [0.3, 0.4) is 0 Å². The fourth-order valence-corrected chi connectivity index (χ4v) is 7.92. The van der Waals surface area contributed by atoms with Gasteiger partial charge in [0.25, 0.3) is 10.0 Å². The third-order valence-electron chi connectivity index (χ3n) is 7.69. The number of imidazole rings is 1. The van der Waals surface area contributed by atoms with Crippen LogP contribution < -0.4 is 4.90 Å². The minimum Gasteiger partial charge on any atom is -0.477 e. The maximum atomic E-state index is 13.8. The zero-order chi connectivity index (χ0) is 27.2. The molecule has 1 saturated carbocycles. The second-order valence-corrected chi connectivity index (χ2v) is 13.2. The molecule has 0 radical (unpaired) electrons. The summed E-state index contributed by atoms with van der Waals surface area (Å²) in [5.74, 6) is -0.887. The van der Waals surface area contributed by atoms with Gasteiger partial charge in [0, 0.05) is 24.7 Å². The fraction of sp³-hybridized carbons (Fsp3) is 0.444. The molecule has 0 spiro atoms. The van der Waals surface area contributed by atoms with E-state index in [1.54, 1.807) is 29.5 Å². The molecular formula is C27H32N4O5S2. The summed E-state index contributed by atoms with van der Waals surface area (Å²) < 4.78 is 30.0. The number of aromatic nitrogens is 2. The third-order valence-corrected chi connectivity index (χ3v) is 10.5. The van der Waals surface area contributed by atoms with Crippen LogP contribution >= 0.6 is 11.3 Å². The largest absolute Gasteiger partial charge is 0.477 e. The van der Waals surface area contributed by atoms with Gasteiger partial charge in [0.05, 0.1) is 18.3 Å². The zero-order valence-electron chi connectivity index (χ0n) is 21.8. The van der Waals surface area contributed by atoms with Gasteiger partial charge in [0.15, 0.2) is 5.03 Å². The number of nitrogens with zero attached hydrogens (tertiary/aromatic N) is 4. The van der Waals surface area contributed by atoms with E-state index < -0.39 is 27.9 Å². The van der Waals surface area contributed by atoms with Gasteiger partial charge in [0.1, 0.15) is 10.7 Å². The van der Waals surface area contributed by atoms with Crippen molar-refractivity contribution in [3.8, 4) is 10.4 Å². The fourth-order valence-electron chi connectivity index (χ4n) is 5.50. The van der Waals surface area contributed by atoms with Crippen molar-refractivity contribution in [1.82, 2.24) is 13.9 Å². The molecule has 1 atom stereocenters. The maximum Gasteiger partial charge on any atom is 0.348 e. The molecule has 2 aliphatic rings. The van der Waals surface area contributed by atoms with Crippen LogP contribution in [0.4, 0.5) is 5.69 Å². The summed E-state index contributed by atoms with van der Waals surface area (Å²) in [6.45, 7) is 3.45. The highest BCUT2D eigenvalue weighted by Gasteiger charge is 2.44. The van der Waals surface area contributed by atoms with Crippen molar-refractivity contribution in [3.63, 3.8) is 0 Å². The molecule has 11 heteroatoms. The number of carboxylic acids is 1. The number of aromatic carboxylic acids is 1. The van der Waals surface area contributed by atoms with Gasteiger partial charge >= 0.3 is 5.97 Å². The van der Waals surface area contributed by atoms with Crippen LogP contribution in [0, 0.1) is 19.8 Å². The number of hydrogen-bond acceptors (Lipinski definition) is 6. The molecule has 1 aliphatic heterocycles. The molecule has 3 aromatic rings. The molecule has 1 amide bonds. The SMILES string of the molecule is Cc1ccc(-c2cc(N3C(=O)CN(S(=O)(=O)c4cn(C)c(C)n4)C[C@H]3C3CCCCC3)c(C(=O)O)s2)cc1. The summed E-state index contributed by atoms with van der Waals surface area (Å²) in [7, 11) is -2.27. The Balaban J connectivity index is 1.56. The first-order valence-electron chi connectivity index (χ1n) is 12.8. The lowest BCUT2D eigenvalue weighted by Gasteiger charge is -2.44. The van der Waals surface area contributed by atoms with Crippen LogP contribution in [-0.4, -0.2) is 58.4 Å². The number of thiophene rings is 1. The summed E-state index contributed by atoms with van der Waals surface area (Å²) in [4.78, 5) is 32.8. The Kier molecular flexibility index (Phi) is 7.19. The number of piperazine rings is 1. The average molecular weight is 557 g/mol. The van der Waals surface area contributed by atoms with E-state index in [2.05, 4.69) is 4.98 Å². The third kappa shape index (κ3) is 4.90. The van der Waals surface area contributed by atoms with Gasteiger partial charge in [-0.05, 0) is 44.2 Å². The highest BCUT2D eigenvalue weighted by atomic mass is 32.2. The van der Waals surface area contributed by atoms with Crippen LogP contribution in [0.25, 0.3) is 10.4 Å². The standard InChI is InChI=1S/C27H32N4O5S2/c1-17-9-11-20(12-10-17)23-13-21(26(37-23)27(33)34)31-22(19-7-5-4-6-8-19)14-30(16-25(31)32)38(35,36)24-15-29(3)18(2)28-24/h9-13,15,19,22H,4-8,14,16H2,1-3H3,(H,33,34)/t22-/m0/s1. The van der Waals surface area contributed by atoms with Crippen molar-refractivity contribution in [3.05, 3.63) is 52.8 Å². The summed E-state index contributed by atoms with van der Waals surface area (Å²) in [5.41, 5.74) is 2.32. The lowest BCUT2D eigenvalue weighted by molar-refractivity contribution is -0.121. The Morgan fingerprint density at radius 2 is 1.79 bits per heavy atom. The molecule has 2 aromatic heterocycles. The molecule has 2 fully saturated rings. The van der Waals surface area contributed by atoms with E-state index in [1.807, 2.05) is 31.2 Å². The molecule has 202 valence electrons. The number of anilines is 1. The van der Waals surface area contributed by atoms with Gasteiger partial charge in [-0.1, -0.05) is 49.1 Å². The number of amides is 1. The average Bonchev–Trinajstić information content (AvgIpc) is 3.48. The second kappa shape index (κ2) is 10.3. The number of carbonyl (C=O) groups is 2. The molecule has 1 saturated heterocycles. The maximum absolute atomic E-state index is 13.8. The van der Waals surface area contributed by atoms with Gasteiger partial charge in [-0.2, -0.15) is 4.31 Å². The summed E-state index contributed by atoms with van der Waals surface area (Å²) in [6.07, 6.45) is 6.29. The molecule has 1 aromatic carbocycles. The highest BCUT2D eigenvalue weighted by Crippen LogP contribution is 2.42. The van der Waals surface area contributed by atoms with Crippen molar-refractivity contribution < 1.29 is 23.1 Å². The van der Waals surface area contributed by atoms with Crippen LogP contribution in [0.15, 0.2) is 41.6 Å². The molecular weight excluding hydrogens is 524 g/mol. The first-order chi connectivity index (χ1) is 18.1. The van der Waals surface area contributed by atoms with E-state index in [1.165, 1.54) is 10.5 Å². The molecule has 9 nitrogen and oxygen atoms in total. The zero-order valence-corrected chi connectivity index (χ0v) is 23.4. The topological polar surface area (TPSA) is 113 Å². The smallest absolute Gasteiger partial charge is 0.348 e. The van der Waals surface area contributed by atoms with E-state index in [-0.39, 0.29) is 28.9 Å². The van der Waals surface area contributed by atoms with Gasteiger partial charge in [-0.3, -0.25) is 4.79 Å². The van der Waals surface area contributed by atoms with E-state index in [0.29, 0.717) is 11.5 Å². The molecule has 5 rings (SSSR count). The van der Waals surface area contributed by atoms with Crippen LogP contribution in [0.1, 0.15) is 53.2 Å². The highest BCUT2D eigenvalue weighted by molar-refractivity contribution is 7.89. The number of carbonyl (C=O) groups excluding carboxylic acids is 1. The molecule has 3 heterocycles. The second-order valence-electron chi connectivity index (χ2n) is 10.3. The Hall–Kier alpha value is -3.02. The van der Waals surface area contributed by atoms with Gasteiger partial charge in [0.2, 0.25) is 5.91 Å². The summed E-state index contributed by atoms with van der Waals surface area (Å²) in [6, 6.07) is 9.13. The van der Waals surface area contributed by atoms with E-state index in [4.69, 9.17) is 0 Å². The van der Waals surface area contributed by atoms with Crippen molar-refractivity contribution in [2.24, 2.45) is 13.0 Å². The Morgan fingerprint density at radius 3 is 2.39 bits per heavy atom. The molecule has 1 N–H and O–H groups in total. The monoisotopic (exact) mass is 556 g/mol. The van der Waals surface area contributed by atoms with E-state index in [0.717, 1.165) is 59.4 Å². The lowest BCUT2D eigenvalue weighted by atomic mass is 9.82. The first kappa shape index (κ1) is 26.6. The number of carboxylic acid groups (broad SMARTS) is 1. The molecule has 0 unspecified atom stereocenters. The quantitative estimate of drug-likeness (QED) is 0.480.